The van der Waals surface area contributed by atoms with Crippen LogP contribution in [0.25, 0.3) is 0 Å². The monoisotopic (exact) mass is 318 g/mol. The third-order valence-electron chi connectivity index (χ3n) is 2.57. The number of rotatable bonds is 6. The van der Waals surface area contributed by atoms with Gasteiger partial charge in [0, 0.05) is 0 Å². The first-order valence-corrected chi connectivity index (χ1v) is 6.03. The maximum atomic E-state index is 10.2. The molecule has 0 aliphatic carbocycles. The van der Waals surface area contributed by atoms with Gasteiger partial charge in [-0.3, -0.25) is 21.3 Å². The second-order valence-electron chi connectivity index (χ2n) is 4.34. The van der Waals surface area contributed by atoms with Crippen molar-refractivity contribution < 1.29 is 39.5 Å². The summed E-state index contributed by atoms with van der Waals surface area (Å²) in [5, 5.41) is 35.5. The van der Waals surface area contributed by atoms with E-state index >= 15 is 0 Å². The van der Waals surface area contributed by atoms with Gasteiger partial charge in [-0.15, -0.1) is 9.35 Å². The topological polar surface area (TPSA) is 196 Å². The fourth-order valence-corrected chi connectivity index (χ4v) is 1.52. The van der Waals surface area contributed by atoms with E-state index in [1.54, 1.807) is 12.4 Å². The lowest BCUT2D eigenvalue weighted by Crippen LogP contribution is -2.51. The molecular weight excluding hydrogens is 300 g/mol. The van der Waals surface area contributed by atoms with Gasteiger partial charge in [-0.05, 0) is 0 Å². The number of aliphatic carboxylic acids is 3. The molecule has 1 aromatic rings. The van der Waals surface area contributed by atoms with Gasteiger partial charge in [0.05, 0.1) is 25.2 Å². The molecule has 0 aliphatic heterocycles. The SMILES string of the molecule is CCc1n(N)cc[n+]1N.O=C(O)CC(O)(CC(=O)O)C(=O)[O-]. The fourth-order valence-electron chi connectivity index (χ4n) is 1.52. The Kier molecular flexibility index (Phi) is 6.83. The molecule has 0 amide bonds. The smallest absolute Gasteiger partial charge is 0.306 e. The zero-order chi connectivity index (χ0) is 17.5. The van der Waals surface area contributed by atoms with E-state index < -0.39 is 36.4 Å². The number of carbonyl (C=O) groups excluding carboxylic acids is 1. The van der Waals surface area contributed by atoms with Crippen molar-refractivity contribution in [1.82, 2.24) is 4.68 Å². The quantitative estimate of drug-likeness (QED) is 0.258. The van der Waals surface area contributed by atoms with Crippen molar-refractivity contribution in [3.8, 4) is 0 Å². The minimum absolute atomic E-state index is 0.847. The predicted molar refractivity (Wildman–Crippen MR) is 68.8 cm³/mol. The Morgan fingerprint density at radius 2 is 1.77 bits per heavy atom. The van der Waals surface area contributed by atoms with Crippen LogP contribution in [0, 0.1) is 0 Å². The standard InChI is InChI=1S/C6H8O7.C5H11N4/c7-3(8)1-6(13,5(11)12)2-4(9)10;1-2-5-8(6)3-4-9(5)7/h13H,1-2H2,(H,7,8)(H,9,10)(H,11,12);3-4H,2,6-7H2,1H3/q;+1/p-1. The van der Waals surface area contributed by atoms with Crippen molar-refractivity contribution >= 4 is 17.9 Å². The Balaban J connectivity index is 0.000000425. The third kappa shape index (κ3) is 5.66. The number of hydrogen-bond donors (Lipinski definition) is 5. The molecule has 7 N–H and O–H groups in total. The zero-order valence-electron chi connectivity index (χ0n) is 11.8. The first-order chi connectivity index (χ1) is 10.0. The number of carbonyl (C=O) groups is 3. The molecule has 0 unspecified atom stereocenters. The molecular formula is C11H18N4O7. The van der Waals surface area contributed by atoms with Crippen molar-refractivity contribution in [1.29, 1.82) is 0 Å². The molecule has 0 atom stereocenters. The number of carboxylic acid groups (broad SMARTS) is 3. The van der Waals surface area contributed by atoms with Crippen LogP contribution in [0.5, 0.6) is 0 Å². The molecule has 0 aromatic carbocycles. The van der Waals surface area contributed by atoms with E-state index in [2.05, 4.69) is 0 Å². The maximum Gasteiger partial charge on any atom is 0.306 e. The molecule has 1 aromatic heterocycles. The summed E-state index contributed by atoms with van der Waals surface area (Å²) in [6.07, 6.45) is 1.88. The molecule has 0 fully saturated rings. The van der Waals surface area contributed by atoms with Crippen LogP contribution < -0.4 is 21.5 Å². The molecule has 22 heavy (non-hydrogen) atoms. The average Bonchev–Trinajstić information content (AvgIpc) is 2.67. The highest BCUT2D eigenvalue weighted by Gasteiger charge is 2.34. The number of aliphatic hydroxyl groups is 1. The van der Waals surface area contributed by atoms with Gasteiger partial charge in [0.15, 0.2) is 12.4 Å². The molecule has 0 aliphatic rings. The van der Waals surface area contributed by atoms with Crippen molar-refractivity contribution in [2.24, 2.45) is 0 Å². The molecule has 1 rings (SSSR count). The summed E-state index contributed by atoms with van der Waals surface area (Å²) in [6.45, 7) is 2.00. The van der Waals surface area contributed by atoms with E-state index in [0.29, 0.717) is 0 Å². The Bertz CT molecular complexity index is 519. The number of nitrogens with two attached hydrogens (primary N) is 2. The first-order valence-electron chi connectivity index (χ1n) is 6.03. The number of nitrogen functional groups attached to an aromatic ring is 2. The summed E-state index contributed by atoms with van der Waals surface area (Å²) >= 11 is 0. The van der Waals surface area contributed by atoms with Gasteiger partial charge < -0.3 is 25.2 Å². The average molecular weight is 318 g/mol. The highest BCUT2D eigenvalue weighted by atomic mass is 16.4. The molecule has 0 bridgehead atoms. The highest BCUT2D eigenvalue weighted by molar-refractivity contribution is 5.86. The largest absolute Gasteiger partial charge is 0.547 e. The second kappa shape index (κ2) is 7.83. The van der Waals surface area contributed by atoms with Crippen molar-refractivity contribution in [2.75, 3.05) is 11.7 Å². The van der Waals surface area contributed by atoms with Crippen LogP contribution >= 0.6 is 0 Å². The van der Waals surface area contributed by atoms with E-state index in [-0.39, 0.29) is 0 Å². The summed E-state index contributed by atoms with van der Waals surface area (Å²) in [4.78, 5) is 30.3. The van der Waals surface area contributed by atoms with Gasteiger partial charge in [-0.1, -0.05) is 6.92 Å². The summed E-state index contributed by atoms with van der Waals surface area (Å²) in [5.74, 6) is 6.50. The van der Waals surface area contributed by atoms with Crippen LogP contribution in [0.15, 0.2) is 12.4 Å². The Hall–Kier alpha value is -2.82. The molecule has 0 saturated carbocycles. The summed E-state index contributed by atoms with van der Waals surface area (Å²) < 4.78 is 3.03. The summed E-state index contributed by atoms with van der Waals surface area (Å²) in [6, 6.07) is 0. The van der Waals surface area contributed by atoms with Gasteiger partial charge in [-0.2, -0.15) is 0 Å². The van der Waals surface area contributed by atoms with Gasteiger partial charge >= 0.3 is 17.8 Å². The summed E-state index contributed by atoms with van der Waals surface area (Å²) in [5.41, 5.74) is -2.85. The Morgan fingerprint density at radius 1 is 1.32 bits per heavy atom. The Morgan fingerprint density at radius 3 is 1.95 bits per heavy atom. The van der Waals surface area contributed by atoms with E-state index in [0.717, 1.165) is 12.2 Å². The number of hydrogen-bond acceptors (Lipinski definition) is 7. The third-order valence-corrected chi connectivity index (χ3v) is 2.57. The highest BCUT2D eigenvalue weighted by Crippen LogP contribution is 2.14. The van der Waals surface area contributed by atoms with Crippen LogP contribution in [0.1, 0.15) is 25.6 Å². The molecule has 11 heteroatoms. The Labute approximate surface area is 124 Å². The van der Waals surface area contributed by atoms with E-state index in [1.165, 1.54) is 9.35 Å². The lowest BCUT2D eigenvalue weighted by molar-refractivity contribution is -0.646. The summed E-state index contributed by atoms with van der Waals surface area (Å²) in [7, 11) is 0. The lowest BCUT2D eigenvalue weighted by Gasteiger charge is -2.25. The molecule has 0 saturated heterocycles. The second-order valence-corrected chi connectivity index (χ2v) is 4.34. The van der Waals surface area contributed by atoms with Gasteiger partial charge in [-0.25, -0.2) is 0 Å². The van der Waals surface area contributed by atoms with Crippen LogP contribution in [-0.4, -0.2) is 43.5 Å². The molecule has 1 heterocycles. The fraction of sp³-hybridized carbons (Fsp3) is 0.455. The van der Waals surface area contributed by atoms with Crippen LogP contribution in [0.2, 0.25) is 0 Å². The van der Waals surface area contributed by atoms with Crippen LogP contribution in [0.4, 0.5) is 0 Å². The number of carboxylic acids is 3. The van der Waals surface area contributed by atoms with Crippen LogP contribution in [0.3, 0.4) is 0 Å². The zero-order valence-corrected chi connectivity index (χ0v) is 11.8. The number of aromatic nitrogens is 2. The first kappa shape index (κ1) is 19.2. The minimum Gasteiger partial charge on any atom is -0.547 e. The molecule has 124 valence electrons. The van der Waals surface area contributed by atoms with Crippen molar-refractivity contribution in [2.45, 2.75) is 31.8 Å². The lowest BCUT2D eigenvalue weighted by atomic mass is 9.96. The van der Waals surface area contributed by atoms with Gasteiger partial charge in [0.2, 0.25) is 0 Å². The minimum atomic E-state index is -2.85. The molecule has 0 radical (unpaired) electrons. The van der Waals surface area contributed by atoms with Crippen molar-refractivity contribution in [3.05, 3.63) is 18.2 Å². The van der Waals surface area contributed by atoms with Gasteiger partial charge in [0.1, 0.15) is 5.60 Å². The van der Waals surface area contributed by atoms with E-state index in [1.807, 2.05) is 6.92 Å². The van der Waals surface area contributed by atoms with E-state index in [4.69, 9.17) is 27.0 Å². The maximum absolute atomic E-state index is 10.2. The van der Waals surface area contributed by atoms with Crippen molar-refractivity contribution in [3.63, 3.8) is 0 Å². The molecule has 11 nitrogen and oxygen atoms in total. The normalized spacial score (nSPS) is 10.5. The predicted octanol–water partition coefficient (Wildman–Crippen LogP) is -3.82. The van der Waals surface area contributed by atoms with Gasteiger partial charge in [0.25, 0.3) is 0 Å². The van der Waals surface area contributed by atoms with E-state index in [9.17, 15) is 19.5 Å². The number of imidazole rings is 1. The number of nitrogens with zero attached hydrogens (tertiary/aromatic N) is 2. The molecule has 0 spiro atoms. The van der Waals surface area contributed by atoms with Crippen LogP contribution in [-0.2, 0) is 20.8 Å².